The van der Waals surface area contributed by atoms with E-state index in [0.29, 0.717) is 5.56 Å². The molecular weight excluding hydrogens is 193 g/mol. The molecule has 1 aliphatic heterocycles. The molecule has 15 heavy (non-hydrogen) atoms. The van der Waals surface area contributed by atoms with Gasteiger partial charge in [0.05, 0.1) is 6.10 Å². The summed E-state index contributed by atoms with van der Waals surface area (Å²) in [6.07, 6.45) is 0.299. The molecule has 0 unspecified atom stereocenters. The maximum Gasteiger partial charge on any atom is 0.126 e. The lowest BCUT2D eigenvalue weighted by molar-refractivity contribution is 0.0695. The van der Waals surface area contributed by atoms with Crippen LogP contribution in [0.5, 0.6) is 0 Å². The van der Waals surface area contributed by atoms with E-state index in [4.69, 9.17) is 0 Å². The highest BCUT2D eigenvalue weighted by Gasteiger charge is 2.28. The van der Waals surface area contributed by atoms with E-state index in [1.165, 1.54) is 6.07 Å². The Hall–Kier alpha value is -0.930. The van der Waals surface area contributed by atoms with E-state index in [-0.39, 0.29) is 11.7 Å². The van der Waals surface area contributed by atoms with Gasteiger partial charge in [0.25, 0.3) is 0 Å². The molecule has 2 atom stereocenters. The highest BCUT2D eigenvalue weighted by Crippen LogP contribution is 2.28. The predicted octanol–water partition coefficient (Wildman–Crippen LogP) is 1.61. The molecule has 0 radical (unpaired) electrons. The number of hydrogen-bond donors (Lipinski definition) is 1. The van der Waals surface area contributed by atoms with Gasteiger partial charge in [-0.15, -0.1) is 0 Å². The number of benzene rings is 1. The summed E-state index contributed by atoms with van der Waals surface area (Å²) in [5, 5.41) is 9.87. The van der Waals surface area contributed by atoms with Crippen molar-refractivity contribution >= 4 is 0 Å². The van der Waals surface area contributed by atoms with Gasteiger partial charge in [0.2, 0.25) is 0 Å². The van der Waals surface area contributed by atoms with Crippen molar-refractivity contribution in [3.63, 3.8) is 0 Å². The Morgan fingerprint density at radius 3 is 2.87 bits per heavy atom. The summed E-state index contributed by atoms with van der Waals surface area (Å²) in [6, 6.07) is 6.72. The molecular formula is C12H16FNO. The molecule has 0 bridgehead atoms. The number of aliphatic hydroxyl groups excluding tert-OH is 1. The molecule has 1 aliphatic rings. The number of likely N-dealkylation sites (N-methyl/N-ethyl adjacent to an activating group) is 1. The fourth-order valence-electron chi connectivity index (χ4n) is 2.18. The minimum Gasteiger partial charge on any atom is -0.392 e. The SMILES string of the molecule is CN1CC[C@@H](O)[C@@H](c2ccccc2F)C1. The molecule has 0 saturated carbocycles. The first-order valence-corrected chi connectivity index (χ1v) is 5.29. The highest BCUT2D eigenvalue weighted by atomic mass is 19.1. The van der Waals surface area contributed by atoms with Crippen molar-refractivity contribution in [1.82, 2.24) is 4.90 Å². The van der Waals surface area contributed by atoms with Gasteiger partial charge in [0, 0.05) is 19.0 Å². The van der Waals surface area contributed by atoms with Gasteiger partial charge in [-0.25, -0.2) is 4.39 Å². The van der Waals surface area contributed by atoms with Crippen molar-refractivity contribution < 1.29 is 9.50 Å². The second-order valence-corrected chi connectivity index (χ2v) is 4.25. The second kappa shape index (κ2) is 4.29. The van der Waals surface area contributed by atoms with Gasteiger partial charge in [-0.3, -0.25) is 0 Å². The fourth-order valence-corrected chi connectivity index (χ4v) is 2.18. The molecule has 1 N–H and O–H groups in total. The summed E-state index contributed by atoms with van der Waals surface area (Å²) in [5.74, 6) is -0.304. The fraction of sp³-hybridized carbons (Fsp3) is 0.500. The van der Waals surface area contributed by atoms with Crippen molar-refractivity contribution in [3.8, 4) is 0 Å². The van der Waals surface area contributed by atoms with Crippen LogP contribution in [0.15, 0.2) is 24.3 Å². The van der Waals surface area contributed by atoms with Crippen LogP contribution in [0.4, 0.5) is 4.39 Å². The van der Waals surface area contributed by atoms with Gasteiger partial charge in [0.15, 0.2) is 0 Å². The van der Waals surface area contributed by atoms with Gasteiger partial charge in [-0.1, -0.05) is 18.2 Å². The Morgan fingerprint density at radius 1 is 1.40 bits per heavy atom. The van der Waals surface area contributed by atoms with Crippen LogP contribution in [-0.4, -0.2) is 36.2 Å². The first-order chi connectivity index (χ1) is 7.18. The van der Waals surface area contributed by atoms with E-state index in [2.05, 4.69) is 4.90 Å². The average Bonchev–Trinajstić information content (AvgIpc) is 2.23. The largest absolute Gasteiger partial charge is 0.392 e. The quantitative estimate of drug-likeness (QED) is 0.759. The molecule has 1 heterocycles. The molecule has 1 aromatic rings. The molecule has 0 aliphatic carbocycles. The summed E-state index contributed by atoms with van der Waals surface area (Å²) >= 11 is 0. The molecule has 0 amide bonds. The summed E-state index contributed by atoms with van der Waals surface area (Å²) in [4.78, 5) is 2.13. The molecule has 1 aromatic carbocycles. The normalized spacial score (nSPS) is 27.9. The number of hydrogen-bond acceptors (Lipinski definition) is 2. The van der Waals surface area contributed by atoms with Gasteiger partial charge < -0.3 is 10.0 Å². The van der Waals surface area contributed by atoms with Crippen LogP contribution in [-0.2, 0) is 0 Å². The first kappa shape index (κ1) is 10.6. The number of likely N-dealkylation sites (tertiary alicyclic amines) is 1. The average molecular weight is 209 g/mol. The molecule has 82 valence electrons. The summed E-state index contributed by atoms with van der Waals surface area (Å²) < 4.78 is 13.5. The van der Waals surface area contributed by atoms with Gasteiger partial charge >= 0.3 is 0 Å². The third-order valence-electron chi connectivity index (χ3n) is 3.08. The van der Waals surface area contributed by atoms with Crippen LogP contribution in [0.1, 0.15) is 17.9 Å². The van der Waals surface area contributed by atoms with Gasteiger partial charge in [0.1, 0.15) is 5.82 Å². The molecule has 3 heteroatoms. The van der Waals surface area contributed by atoms with E-state index in [1.807, 2.05) is 13.1 Å². The Morgan fingerprint density at radius 2 is 2.13 bits per heavy atom. The zero-order chi connectivity index (χ0) is 10.8. The van der Waals surface area contributed by atoms with Crippen LogP contribution in [0.3, 0.4) is 0 Å². The van der Waals surface area contributed by atoms with Crippen LogP contribution in [0.2, 0.25) is 0 Å². The highest BCUT2D eigenvalue weighted by molar-refractivity contribution is 5.23. The van der Waals surface area contributed by atoms with Crippen LogP contribution in [0, 0.1) is 5.82 Å². The Balaban J connectivity index is 2.25. The zero-order valence-corrected chi connectivity index (χ0v) is 8.86. The first-order valence-electron chi connectivity index (χ1n) is 5.29. The Bertz CT molecular complexity index is 342. The number of halogens is 1. The number of rotatable bonds is 1. The van der Waals surface area contributed by atoms with Crippen LogP contribution in [0.25, 0.3) is 0 Å². The molecule has 2 nitrogen and oxygen atoms in total. The third kappa shape index (κ3) is 2.19. The van der Waals surface area contributed by atoms with Crippen molar-refractivity contribution in [2.75, 3.05) is 20.1 Å². The predicted molar refractivity (Wildman–Crippen MR) is 57.3 cm³/mol. The molecule has 1 fully saturated rings. The molecule has 0 aromatic heterocycles. The summed E-state index contributed by atoms with van der Waals surface area (Å²) in [5.41, 5.74) is 0.636. The lowest BCUT2D eigenvalue weighted by Crippen LogP contribution is -2.39. The van der Waals surface area contributed by atoms with E-state index in [1.54, 1.807) is 12.1 Å². The number of aliphatic hydroxyl groups is 1. The minimum absolute atomic E-state index is 0.0926. The van der Waals surface area contributed by atoms with Gasteiger partial charge in [-0.2, -0.15) is 0 Å². The standard InChI is InChI=1S/C12H16FNO/c1-14-7-6-12(15)10(8-14)9-4-2-3-5-11(9)13/h2-5,10,12,15H,6-8H2,1H3/t10-,12-/m1/s1. The molecule has 0 spiro atoms. The number of nitrogens with zero attached hydrogens (tertiary/aromatic N) is 1. The van der Waals surface area contributed by atoms with Crippen molar-refractivity contribution in [1.29, 1.82) is 0 Å². The monoisotopic (exact) mass is 209 g/mol. The smallest absolute Gasteiger partial charge is 0.126 e. The Kier molecular flexibility index (Phi) is 3.03. The van der Waals surface area contributed by atoms with Crippen LogP contribution >= 0.6 is 0 Å². The maximum atomic E-state index is 13.5. The molecule has 2 rings (SSSR count). The van der Waals surface area contributed by atoms with Crippen molar-refractivity contribution in [2.24, 2.45) is 0 Å². The number of piperidine rings is 1. The van der Waals surface area contributed by atoms with E-state index < -0.39 is 6.10 Å². The van der Waals surface area contributed by atoms with Crippen molar-refractivity contribution in [2.45, 2.75) is 18.4 Å². The zero-order valence-electron chi connectivity index (χ0n) is 8.86. The second-order valence-electron chi connectivity index (χ2n) is 4.25. The molecule has 1 saturated heterocycles. The minimum atomic E-state index is -0.418. The lowest BCUT2D eigenvalue weighted by atomic mass is 9.88. The van der Waals surface area contributed by atoms with E-state index in [0.717, 1.165) is 19.5 Å². The van der Waals surface area contributed by atoms with Crippen molar-refractivity contribution in [3.05, 3.63) is 35.6 Å². The third-order valence-corrected chi connectivity index (χ3v) is 3.08. The van der Waals surface area contributed by atoms with Crippen LogP contribution < -0.4 is 0 Å². The van der Waals surface area contributed by atoms with E-state index in [9.17, 15) is 9.50 Å². The maximum absolute atomic E-state index is 13.5. The van der Waals surface area contributed by atoms with E-state index >= 15 is 0 Å². The van der Waals surface area contributed by atoms with Gasteiger partial charge in [-0.05, 0) is 25.1 Å². The summed E-state index contributed by atoms with van der Waals surface area (Å²) in [6.45, 7) is 1.61. The summed E-state index contributed by atoms with van der Waals surface area (Å²) in [7, 11) is 2.00. The lowest BCUT2D eigenvalue weighted by Gasteiger charge is -2.34. The topological polar surface area (TPSA) is 23.5 Å². The Labute approximate surface area is 89.3 Å².